The average molecular weight is 409 g/mol. The summed E-state index contributed by atoms with van der Waals surface area (Å²) in [6.45, 7) is 2.68. The van der Waals surface area contributed by atoms with E-state index in [9.17, 15) is 13.2 Å². The lowest BCUT2D eigenvalue weighted by atomic mass is 10.2. The van der Waals surface area contributed by atoms with E-state index in [1.807, 2.05) is 6.92 Å². The van der Waals surface area contributed by atoms with Gasteiger partial charge in [-0.25, -0.2) is 8.42 Å². The van der Waals surface area contributed by atoms with Crippen molar-refractivity contribution in [2.24, 2.45) is 0 Å². The zero-order valence-electron chi connectivity index (χ0n) is 14.9. The number of sulfonamides is 1. The molecule has 1 fully saturated rings. The normalized spacial score (nSPS) is 17.6. The summed E-state index contributed by atoms with van der Waals surface area (Å²) in [7, 11) is -3.77. The van der Waals surface area contributed by atoms with Crippen LogP contribution in [0, 0.1) is 0 Å². The SMILES string of the molecule is CCOc1ccc(S(=O)(=O)N2CCCC2C(=O)Nc2ccc(Cl)cc2)cc1. The molecule has 2 aromatic rings. The molecule has 0 aliphatic carbocycles. The summed E-state index contributed by atoms with van der Waals surface area (Å²) >= 11 is 5.85. The van der Waals surface area contributed by atoms with Gasteiger partial charge in [-0.2, -0.15) is 4.31 Å². The number of carbonyl (C=O) groups excluding carboxylic acids is 1. The van der Waals surface area contributed by atoms with Gasteiger partial charge >= 0.3 is 0 Å². The first-order valence-electron chi connectivity index (χ1n) is 8.73. The van der Waals surface area contributed by atoms with E-state index >= 15 is 0 Å². The highest BCUT2D eigenvalue weighted by molar-refractivity contribution is 7.89. The van der Waals surface area contributed by atoms with E-state index in [1.54, 1.807) is 36.4 Å². The number of carbonyl (C=O) groups is 1. The summed E-state index contributed by atoms with van der Waals surface area (Å²) in [5.41, 5.74) is 0.578. The van der Waals surface area contributed by atoms with E-state index in [0.29, 0.717) is 42.5 Å². The van der Waals surface area contributed by atoms with E-state index in [0.717, 1.165) is 0 Å². The molecule has 1 N–H and O–H groups in total. The van der Waals surface area contributed by atoms with Crippen LogP contribution in [0.25, 0.3) is 0 Å². The second kappa shape index (κ2) is 8.29. The van der Waals surface area contributed by atoms with Crippen LogP contribution < -0.4 is 10.1 Å². The van der Waals surface area contributed by atoms with Gasteiger partial charge in [0.25, 0.3) is 0 Å². The number of nitrogens with one attached hydrogen (secondary N) is 1. The zero-order valence-corrected chi connectivity index (χ0v) is 16.5. The highest BCUT2D eigenvalue weighted by Gasteiger charge is 2.39. The topological polar surface area (TPSA) is 75.7 Å². The van der Waals surface area contributed by atoms with E-state index in [4.69, 9.17) is 16.3 Å². The summed E-state index contributed by atoms with van der Waals surface area (Å²) in [5.74, 6) is 0.263. The number of anilines is 1. The van der Waals surface area contributed by atoms with Crippen LogP contribution in [0.1, 0.15) is 19.8 Å². The molecule has 1 amide bonds. The molecule has 1 heterocycles. The van der Waals surface area contributed by atoms with Crippen LogP contribution in [0.5, 0.6) is 5.75 Å². The molecule has 2 aromatic carbocycles. The summed E-state index contributed by atoms with van der Waals surface area (Å²) in [6, 6.07) is 12.2. The summed E-state index contributed by atoms with van der Waals surface area (Å²) in [6.07, 6.45) is 1.12. The smallest absolute Gasteiger partial charge is 0.243 e. The molecule has 0 aromatic heterocycles. The Balaban J connectivity index is 1.77. The highest BCUT2D eigenvalue weighted by atomic mass is 35.5. The lowest BCUT2D eigenvalue weighted by Gasteiger charge is -2.23. The zero-order chi connectivity index (χ0) is 19.4. The van der Waals surface area contributed by atoms with Gasteiger partial charge in [0, 0.05) is 17.3 Å². The largest absolute Gasteiger partial charge is 0.494 e. The molecule has 144 valence electrons. The molecule has 6 nitrogen and oxygen atoms in total. The fraction of sp³-hybridized carbons (Fsp3) is 0.316. The third kappa shape index (κ3) is 4.43. The van der Waals surface area contributed by atoms with Crippen LogP contribution >= 0.6 is 11.6 Å². The monoisotopic (exact) mass is 408 g/mol. The molecule has 0 spiro atoms. The third-order valence-electron chi connectivity index (χ3n) is 4.36. The van der Waals surface area contributed by atoms with Crippen molar-refractivity contribution in [2.45, 2.75) is 30.7 Å². The van der Waals surface area contributed by atoms with E-state index in [1.165, 1.54) is 16.4 Å². The van der Waals surface area contributed by atoms with Crippen LogP contribution in [-0.2, 0) is 14.8 Å². The standard InChI is InChI=1S/C19H21ClN2O4S/c1-2-26-16-9-11-17(12-10-16)27(24,25)22-13-3-4-18(22)19(23)21-15-7-5-14(20)6-8-15/h5-12,18H,2-4,13H2,1H3,(H,21,23). The van der Waals surface area contributed by atoms with Crippen molar-refractivity contribution < 1.29 is 17.9 Å². The Labute approximate surface area is 164 Å². The molecular formula is C19H21ClN2O4S. The summed E-state index contributed by atoms with van der Waals surface area (Å²) in [4.78, 5) is 12.8. The Kier molecular flexibility index (Phi) is 6.04. The number of hydrogen-bond donors (Lipinski definition) is 1. The second-order valence-corrected chi connectivity index (χ2v) is 8.50. The minimum Gasteiger partial charge on any atom is -0.494 e. The van der Waals surface area contributed by atoms with Gasteiger partial charge in [-0.1, -0.05) is 11.6 Å². The Morgan fingerprint density at radius 2 is 1.85 bits per heavy atom. The third-order valence-corrected chi connectivity index (χ3v) is 6.53. The van der Waals surface area contributed by atoms with Crippen molar-refractivity contribution in [2.75, 3.05) is 18.5 Å². The molecule has 1 unspecified atom stereocenters. The Morgan fingerprint density at radius 1 is 1.19 bits per heavy atom. The van der Waals surface area contributed by atoms with Crippen LogP contribution in [0.3, 0.4) is 0 Å². The van der Waals surface area contributed by atoms with Crippen molar-refractivity contribution in [1.29, 1.82) is 0 Å². The van der Waals surface area contributed by atoms with Gasteiger partial charge in [-0.05, 0) is 68.3 Å². The van der Waals surface area contributed by atoms with E-state index < -0.39 is 16.1 Å². The molecule has 1 aliphatic heterocycles. The van der Waals surface area contributed by atoms with Gasteiger partial charge in [-0.15, -0.1) is 0 Å². The number of halogens is 1. The summed E-state index contributed by atoms with van der Waals surface area (Å²) in [5, 5.41) is 3.33. The molecule has 1 saturated heterocycles. The molecule has 1 atom stereocenters. The molecular weight excluding hydrogens is 388 g/mol. The number of benzene rings is 2. The minimum atomic E-state index is -3.77. The van der Waals surface area contributed by atoms with Crippen LogP contribution in [0.4, 0.5) is 5.69 Å². The van der Waals surface area contributed by atoms with E-state index in [-0.39, 0.29) is 10.8 Å². The van der Waals surface area contributed by atoms with Crippen LogP contribution in [0.15, 0.2) is 53.4 Å². The molecule has 8 heteroatoms. The Hall–Kier alpha value is -2.09. The average Bonchev–Trinajstić information content (AvgIpc) is 3.15. The number of nitrogens with zero attached hydrogens (tertiary/aromatic N) is 1. The van der Waals surface area contributed by atoms with Crippen molar-refractivity contribution >= 4 is 33.2 Å². The van der Waals surface area contributed by atoms with E-state index in [2.05, 4.69) is 5.32 Å². The molecule has 1 aliphatic rings. The fourth-order valence-electron chi connectivity index (χ4n) is 3.06. The number of amides is 1. The number of rotatable bonds is 6. The van der Waals surface area contributed by atoms with Crippen molar-refractivity contribution in [1.82, 2.24) is 4.31 Å². The fourth-order valence-corrected chi connectivity index (χ4v) is 4.84. The molecule has 0 saturated carbocycles. The predicted octanol–water partition coefficient (Wildman–Crippen LogP) is 3.53. The van der Waals surface area contributed by atoms with Crippen LogP contribution in [-0.4, -0.2) is 37.8 Å². The molecule has 0 radical (unpaired) electrons. The van der Waals surface area contributed by atoms with Gasteiger partial charge in [0.2, 0.25) is 15.9 Å². The maximum atomic E-state index is 13.0. The molecule has 27 heavy (non-hydrogen) atoms. The lowest BCUT2D eigenvalue weighted by Crippen LogP contribution is -2.43. The first kappa shape index (κ1) is 19.7. The Bertz CT molecular complexity index is 898. The highest BCUT2D eigenvalue weighted by Crippen LogP contribution is 2.28. The minimum absolute atomic E-state index is 0.150. The quantitative estimate of drug-likeness (QED) is 0.793. The Morgan fingerprint density at radius 3 is 2.48 bits per heavy atom. The lowest BCUT2D eigenvalue weighted by molar-refractivity contribution is -0.119. The first-order chi connectivity index (χ1) is 12.9. The van der Waals surface area contributed by atoms with Crippen molar-refractivity contribution in [3.8, 4) is 5.75 Å². The second-order valence-electron chi connectivity index (χ2n) is 6.17. The van der Waals surface area contributed by atoms with Gasteiger partial charge in [0.05, 0.1) is 11.5 Å². The maximum Gasteiger partial charge on any atom is 0.243 e. The van der Waals surface area contributed by atoms with Gasteiger partial charge in [-0.3, -0.25) is 4.79 Å². The summed E-state index contributed by atoms with van der Waals surface area (Å²) < 4.78 is 32.6. The van der Waals surface area contributed by atoms with Crippen LogP contribution in [0.2, 0.25) is 5.02 Å². The molecule has 0 bridgehead atoms. The van der Waals surface area contributed by atoms with Crippen molar-refractivity contribution in [3.05, 3.63) is 53.6 Å². The van der Waals surface area contributed by atoms with Crippen molar-refractivity contribution in [3.63, 3.8) is 0 Å². The number of hydrogen-bond acceptors (Lipinski definition) is 4. The maximum absolute atomic E-state index is 13.0. The van der Waals surface area contributed by atoms with Gasteiger partial charge < -0.3 is 10.1 Å². The molecule has 3 rings (SSSR count). The number of ether oxygens (including phenoxy) is 1. The van der Waals surface area contributed by atoms with Gasteiger partial charge in [0.1, 0.15) is 11.8 Å². The predicted molar refractivity (Wildman–Crippen MR) is 105 cm³/mol. The first-order valence-corrected chi connectivity index (χ1v) is 10.5. The van der Waals surface area contributed by atoms with Gasteiger partial charge in [0.15, 0.2) is 0 Å².